The summed E-state index contributed by atoms with van der Waals surface area (Å²) in [7, 11) is 6.88. The fourth-order valence-electron chi connectivity index (χ4n) is 3.76. The Morgan fingerprint density at radius 2 is 1.74 bits per heavy atom. The molecule has 1 N–H and O–H groups in total. The number of piperazine rings is 1. The van der Waals surface area contributed by atoms with Crippen LogP contribution >= 0.6 is 0 Å². The first-order valence-corrected chi connectivity index (χ1v) is 10.7. The monoisotopic (exact) mass is 427 g/mol. The van der Waals surface area contributed by atoms with Crippen molar-refractivity contribution < 1.29 is 14.3 Å². The molecule has 3 rings (SSSR count). The summed E-state index contributed by atoms with van der Waals surface area (Å²) in [4.78, 5) is 23.6. The van der Waals surface area contributed by atoms with Crippen molar-refractivity contribution in [1.82, 2.24) is 9.88 Å². The van der Waals surface area contributed by atoms with Crippen LogP contribution in [0.5, 0.6) is 11.5 Å². The smallest absolute Gasteiger partial charge is 0.259 e. The van der Waals surface area contributed by atoms with Gasteiger partial charge in [0.2, 0.25) is 0 Å². The van der Waals surface area contributed by atoms with Crippen molar-refractivity contribution in [3.63, 3.8) is 0 Å². The van der Waals surface area contributed by atoms with Gasteiger partial charge in [0.1, 0.15) is 22.9 Å². The van der Waals surface area contributed by atoms with Crippen molar-refractivity contribution in [2.24, 2.45) is 0 Å². The second-order valence-corrected chi connectivity index (χ2v) is 7.69. The van der Waals surface area contributed by atoms with Crippen molar-refractivity contribution in [2.75, 3.05) is 76.2 Å². The van der Waals surface area contributed by atoms with E-state index in [1.165, 1.54) is 0 Å². The summed E-state index contributed by atoms with van der Waals surface area (Å²) in [6, 6.07) is 7.84. The Kier molecular flexibility index (Phi) is 7.44. The molecule has 8 heteroatoms. The molecule has 1 saturated heterocycles. The number of methoxy groups -OCH3 is 2. The summed E-state index contributed by atoms with van der Waals surface area (Å²) in [5, 5.41) is 3.31. The first kappa shape index (κ1) is 22.5. The van der Waals surface area contributed by atoms with Crippen molar-refractivity contribution in [2.45, 2.75) is 13.3 Å². The number of anilines is 3. The minimum Gasteiger partial charge on any atom is -0.497 e. The lowest BCUT2D eigenvalue weighted by molar-refractivity contribution is 0.0828. The quantitative estimate of drug-likeness (QED) is 0.695. The van der Waals surface area contributed by atoms with E-state index in [0.29, 0.717) is 11.4 Å². The van der Waals surface area contributed by atoms with Gasteiger partial charge in [0.05, 0.1) is 25.6 Å². The number of nitrogens with zero attached hydrogens (tertiary/aromatic N) is 4. The van der Waals surface area contributed by atoms with E-state index in [4.69, 9.17) is 9.47 Å². The first-order chi connectivity index (χ1) is 15.0. The van der Waals surface area contributed by atoms with Gasteiger partial charge in [-0.3, -0.25) is 4.79 Å². The van der Waals surface area contributed by atoms with Gasteiger partial charge in [0, 0.05) is 59.1 Å². The fourth-order valence-corrected chi connectivity index (χ4v) is 3.76. The second kappa shape index (κ2) is 10.2. The Bertz CT molecular complexity index is 895. The predicted octanol–water partition coefficient (Wildman–Crippen LogP) is 2.95. The van der Waals surface area contributed by atoms with Crippen LogP contribution in [-0.4, -0.2) is 76.8 Å². The predicted molar refractivity (Wildman–Crippen MR) is 125 cm³/mol. The number of benzene rings is 1. The SMILES string of the molecule is CCCNc1nccc(N2CCN(c3ccc(OC)cc3OC)CC2)c1C(=O)N(C)C. The molecule has 1 aromatic carbocycles. The van der Waals surface area contributed by atoms with Gasteiger partial charge < -0.3 is 29.5 Å². The van der Waals surface area contributed by atoms with Crippen LogP contribution in [0.2, 0.25) is 0 Å². The molecule has 1 aliphatic rings. The Hall–Kier alpha value is -3.16. The summed E-state index contributed by atoms with van der Waals surface area (Å²) in [5.41, 5.74) is 2.61. The lowest BCUT2D eigenvalue weighted by atomic mass is 10.1. The van der Waals surface area contributed by atoms with E-state index < -0.39 is 0 Å². The molecule has 0 radical (unpaired) electrons. The van der Waals surface area contributed by atoms with Crippen LogP contribution in [0.15, 0.2) is 30.5 Å². The third kappa shape index (κ3) is 4.95. The topological polar surface area (TPSA) is 70.2 Å². The molecule has 8 nitrogen and oxygen atoms in total. The third-order valence-electron chi connectivity index (χ3n) is 5.44. The molecule has 2 aromatic rings. The molecular weight excluding hydrogens is 394 g/mol. The maximum Gasteiger partial charge on any atom is 0.259 e. The normalized spacial score (nSPS) is 13.7. The molecule has 1 amide bonds. The molecular formula is C23H33N5O3. The van der Waals surface area contributed by atoms with Crippen LogP contribution in [0, 0.1) is 0 Å². The van der Waals surface area contributed by atoms with Crippen molar-refractivity contribution in [1.29, 1.82) is 0 Å². The molecule has 0 bridgehead atoms. The number of hydrogen-bond acceptors (Lipinski definition) is 7. The standard InChI is InChI=1S/C23H33N5O3/c1-6-10-24-22-21(23(29)26(2)3)19(9-11-25-22)28-14-12-27(13-15-28)18-8-7-17(30-4)16-20(18)31-5/h7-9,11,16H,6,10,12-15H2,1-5H3,(H,24,25). The Morgan fingerprint density at radius 1 is 1.06 bits per heavy atom. The third-order valence-corrected chi connectivity index (χ3v) is 5.44. The minimum atomic E-state index is -0.0408. The van der Waals surface area contributed by atoms with Gasteiger partial charge >= 0.3 is 0 Å². The van der Waals surface area contributed by atoms with Crippen LogP contribution in [0.4, 0.5) is 17.2 Å². The van der Waals surface area contributed by atoms with Crippen LogP contribution in [0.3, 0.4) is 0 Å². The largest absolute Gasteiger partial charge is 0.497 e. The second-order valence-electron chi connectivity index (χ2n) is 7.69. The summed E-state index contributed by atoms with van der Waals surface area (Å²) >= 11 is 0. The van der Waals surface area contributed by atoms with Crippen LogP contribution in [0.1, 0.15) is 23.7 Å². The maximum absolute atomic E-state index is 13.0. The molecule has 168 valence electrons. The number of carbonyl (C=O) groups is 1. The molecule has 0 saturated carbocycles. The Morgan fingerprint density at radius 3 is 2.32 bits per heavy atom. The number of ether oxygens (including phenoxy) is 2. The molecule has 1 fully saturated rings. The van der Waals surface area contributed by atoms with Crippen molar-refractivity contribution in [3.8, 4) is 11.5 Å². The van der Waals surface area contributed by atoms with E-state index in [9.17, 15) is 4.79 Å². The minimum absolute atomic E-state index is 0.0408. The fraction of sp³-hybridized carbons (Fsp3) is 0.478. The van der Waals surface area contributed by atoms with E-state index in [-0.39, 0.29) is 5.91 Å². The number of carbonyl (C=O) groups excluding carboxylic acids is 1. The van der Waals surface area contributed by atoms with Gasteiger partial charge in [-0.2, -0.15) is 0 Å². The van der Waals surface area contributed by atoms with Gasteiger partial charge in [0.15, 0.2) is 0 Å². The molecule has 1 aromatic heterocycles. The summed E-state index contributed by atoms with van der Waals surface area (Å²) in [6.07, 6.45) is 2.74. The maximum atomic E-state index is 13.0. The van der Waals surface area contributed by atoms with E-state index in [1.807, 2.05) is 24.3 Å². The van der Waals surface area contributed by atoms with Crippen molar-refractivity contribution in [3.05, 3.63) is 36.0 Å². The Labute approximate surface area is 184 Å². The average molecular weight is 428 g/mol. The number of amides is 1. The molecule has 2 heterocycles. The number of aromatic nitrogens is 1. The van der Waals surface area contributed by atoms with E-state index in [1.54, 1.807) is 39.4 Å². The summed E-state index contributed by atoms with van der Waals surface area (Å²) < 4.78 is 10.9. The van der Waals surface area contributed by atoms with Gasteiger partial charge in [0.25, 0.3) is 5.91 Å². The molecule has 0 aliphatic carbocycles. The zero-order valence-electron chi connectivity index (χ0n) is 19.1. The first-order valence-electron chi connectivity index (χ1n) is 10.7. The zero-order valence-corrected chi connectivity index (χ0v) is 19.1. The van der Waals surface area contributed by atoms with E-state index in [0.717, 1.165) is 62.0 Å². The number of nitrogens with one attached hydrogen (secondary N) is 1. The van der Waals surface area contributed by atoms with Gasteiger partial charge in [-0.1, -0.05) is 6.92 Å². The Balaban J connectivity index is 1.83. The van der Waals surface area contributed by atoms with E-state index >= 15 is 0 Å². The number of hydrogen-bond donors (Lipinski definition) is 1. The highest BCUT2D eigenvalue weighted by Crippen LogP contribution is 2.34. The van der Waals surface area contributed by atoms with Gasteiger partial charge in [-0.05, 0) is 24.6 Å². The highest BCUT2D eigenvalue weighted by atomic mass is 16.5. The molecule has 0 atom stereocenters. The molecule has 31 heavy (non-hydrogen) atoms. The van der Waals surface area contributed by atoms with Crippen LogP contribution < -0.4 is 24.6 Å². The van der Waals surface area contributed by atoms with Crippen LogP contribution in [0.25, 0.3) is 0 Å². The van der Waals surface area contributed by atoms with Gasteiger partial charge in [-0.15, -0.1) is 0 Å². The van der Waals surface area contributed by atoms with Gasteiger partial charge in [-0.25, -0.2) is 4.98 Å². The van der Waals surface area contributed by atoms with Crippen molar-refractivity contribution >= 4 is 23.1 Å². The summed E-state index contributed by atoms with van der Waals surface area (Å²) in [5.74, 6) is 2.18. The number of rotatable bonds is 8. The molecule has 0 spiro atoms. The summed E-state index contributed by atoms with van der Waals surface area (Å²) in [6.45, 7) is 6.09. The van der Waals surface area contributed by atoms with E-state index in [2.05, 4.69) is 27.0 Å². The average Bonchev–Trinajstić information content (AvgIpc) is 2.81. The number of pyridine rings is 1. The molecule has 0 unspecified atom stereocenters. The lowest BCUT2D eigenvalue weighted by Crippen LogP contribution is -2.47. The highest BCUT2D eigenvalue weighted by Gasteiger charge is 2.26. The molecule has 1 aliphatic heterocycles. The lowest BCUT2D eigenvalue weighted by Gasteiger charge is -2.38. The van der Waals surface area contributed by atoms with Crippen LogP contribution in [-0.2, 0) is 0 Å². The highest BCUT2D eigenvalue weighted by molar-refractivity contribution is 6.04. The zero-order chi connectivity index (χ0) is 22.4.